The van der Waals surface area contributed by atoms with Crippen LogP contribution in [0, 0.1) is 0 Å². The van der Waals surface area contributed by atoms with Crippen LogP contribution >= 0.6 is 19.5 Å². The zero-order valence-corrected chi connectivity index (χ0v) is 21.2. The minimum atomic E-state index is -4.44. The van der Waals surface area contributed by atoms with Crippen LogP contribution in [0.25, 0.3) is 11.1 Å². The molecule has 0 saturated heterocycles. The highest BCUT2D eigenvalue weighted by molar-refractivity contribution is 7.62. The fraction of sp³-hybridized carbons (Fsp3) is 0.161. The normalized spacial score (nSPS) is 17.5. The van der Waals surface area contributed by atoms with Crippen molar-refractivity contribution in [2.24, 2.45) is 0 Å². The minimum absolute atomic E-state index is 0.603. The van der Waals surface area contributed by atoms with Crippen LogP contribution in [-0.2, 0) is 11.3 Å². The summed E-state index contributed by atoms with van der Waals surface area (Å²) in [5.74, 6) is 2.31. The fourth-order valence-corrected chi connectivity index (χ4v) is 8.39. The zero-order valence-electron chi connectivity index (χ0n) is 19.6. The summed E-state index contributed by atoms with van der Waals surface area (Å²) >= 11 is 6.30. The van der Waals surface area contributed by atoms with Crippen molar-refractivity contribution in [2.45, 2.75) is 24.2 Å². The molecule has 0 bridgehead atoms. The lowest BCUT2D eigenvalue weighted by Crippen LogP contribution is -2.29. The molecule has 1 aliphatic rings. The van der Waals surface area contributed by atoms with E-state index in [9.17, 15) is 13.2 Å². The minimum Gasteiger partial charge on any atom is -0.166 e. The van der Waals surface area contributed by atoms with E-state index in [0.29, 0.717) is 10.6 Å². The standard InChI is InChI=1S/C31H25ClF3P/c32-27-17-14-25(15-18-27)30(24-12-6-2-7-13-24,36-20-8-3-9-21-36)29-19-16-26(31(33,34)35)22-28(29)23-10-4-1-5-11-23/h1-2,4-8,10-20,22H,3,9,21H2. The first kappa shape index (κ1) is 24.8. The van der Waals surface area contributed by atoms with Gasteiger partial charge in [0, 0.05) is 5.02 Å². The first-order valence-corrected chi connectivity index (χ1v) is 13.9. The van der Waals surface area contributed by atoms with Crippen molar-refractivity contribution < 1.29 is 13.2 Å². The van der Waals surface area contributed by atoms with Crippen molar-refractivity contribution in [3.63, 3.8) is 0 Å². The molecule has 1 heterocycles. The molecule has 0 N–H and O–H groups in total. The average Bonchev–Trinajstić information content (AvgIpc) is 2.91. The summed E-state index contributed by atoms with van der Waals surface area (Å²) < 4.78 is 41.8. The predicted molar refractivity (Wildman–Crippen MR) is 145 cm³/mol. The fourth-order valence-electron chi connectivity index (χ4n) is 5.16. The van der Waals surface area contributed by atoms with Crippen LogP contribution in [0.4, 0.5) is 13.2 Å². The number of benzene rings is 4. The molecule has 2 atom stereocenters. The molecule has 182 valence electrons. The van der Waals surface area contributed by atoms with Crippen LogP contribution in [0.1, 0.15) is 35.1 Å². The van der Waals surface area contributed by atoms with E-state index in [4.69, 9.17) is 11.6 Å². The molecule has 5 heteroatoms. The molecular formula is C31H25ClF3P. The van der Waals surface area contributed by atoms with Gasteiger partial charge in [-0.25, -0.2) is 0 Å². The van der Waals surface area contributed by atoms with Crippen molar-refractivity contribution in [1.82, 2.24) is 0 Å². The molecule has 0 nitrogen and oxygen atoms in total. The quantitative estimate of drug-likeness (QED) is 0.181. The molecule has 0 aromatic heterocycles. The number of hydrogen-bond acceptors (Lipinski definition) is 0. The van der Waals surface area contributed by atoms with Gasteiger partial charge in [0.25, 0.3) is 0 Å². The van der Waals surface area contributed by atoms with Crippen LogP contribution in [0.15, 0.2) is 115 Å². The molecule has 5 rings (SSSR count). The Hall–Kier alpha value is -2.87. The Morgan fingerprint density at radius 3 is 1.92 bits per heavy atom. The van der Waals surface area contributed by atoms with Crippen molar-refractivity contribution in [1.29, 1.82) is 0 Å². The molecule has 0 amide bonds. The van der Waals surface area contributed by atoms with Gasteiger partial charge in [-0.1, -0.05) is 110 Å². The van der Waals surface area contributed by atoms with Crippen molar-refractivity contribution in [3.05, 3.63) is 142 Å². The van der Waals surface area contributed by atoms with Gasteiger partial charge in [0.15, 0.2) is 0 Å². The van der Waals surface area contributed by atoms with Crippen LogP contribution in [0.2, 0.25) is 5.02 Å². The van der Waals surface area contributed by atoms with E-state index < -0.39 is 24.8 Å². The highest BCUT2D eigenvalue weighted by Crippen LogP contribution is 2.66. The summed E-state index contributed by atoms with van der Waals surface area (Å²) in [6, 6.07) is 31.7. The van der Waals surface area contributed by atoms with E-state index in [1.165, 1.54) is 12.1 Å². The number of alkyl halides is 3. The molecule has 0 aliphatic carbocycles. The van der Waals surface area contributed by atoms with Gasteiger partial charge in [-0.3, -0.25) is 0 Å². The second-order valence-corrected chi connectivity index (χ2v) is 11.7. The third-order valence-corrected chi connectivity index (χ3v) is 10.0. The van der Waals surface area contributed by atoms with Gasteiger partial charge in [0.2, 0.25) is 0 Å². The van der Waals surface area contributed by atoms with Crippen molar-refractivity contribution >= 4 is 19.5 Å². The summed E-state index contributed by atoms with van der Waals surface area (Å²) in [6.45, 7) is 0. The average molecular weight is 521 g/mol. The van der Waals surface area contributed by atoms with E-state index in [0.717, 1.165) is 41.3 Å². The summed E-state index contributed by atoms with van der Waals surface area (Å²) in [5, 5.41) is -0.0173. The van der Waals surface area contributed by atoms with E-state index in [-0.39, 0.29) is 0 Å². The lowest BCUT2D eigenvalue weighted by atomic mass is 9.79. The molecule has 2 unspecified atom stereocenters. The molecule has 0 spiro atoms. The van der Waals surface area contributed by atoms with Crippen LogP contribution in [0.5, 0.6) is 0 Å². The Labute approximate surface area is 216 Å². The maximum Gasteiger partial charge on any atom is 0.416 e. The summed E-state index contributed by atoms with van der Waals surface area (Å²) in [4.78, 5) is 0. The van der Waals surface area contributed by atoms with Crippen LogP contribution in [-0.4, -0.2) is 6.16 Å². The molecule has 4 aromatic carbocycles. The van der Waals surface area contributed by atoms with E-state index >= 15 is 0 Å². The Morgan fingerprint density at radius 2 is 1.31 bits per heavy atom. The molecule has 0 fully saturated rings. The van der Waals surface area contributed by atoms with Gasteiger partial charge in [-0.05, 0) is 71.1 Å². The lowest BCUT2D eigenvalue weighted by molar-refractivity contribution is -0.137. The molecule has 0 saturated carbocycles. The van der Waals surface area contributed by atoms with Gasteiger partial charge in [-0.15, -0.1) is 0 Å². The maximum absolute atomic E-state index is 13.9. The highest BCUT2D eigenvalue weighted by Gasteiger charge is 2.45. The Morgan fingerprint density at radius 1 is 0.694 bits per heavy atom. The van der Waals surface area contributed by atoms with Gasteiger partial charge in [0.05, 0.1) is 10.7 Å². The highest BCUT2D eigenvalue weighted by atomic mass is 35.5. The SMILES string of the molecule is FC(F)(F)c1ccc(C(c2ccccc2)(c2ccc(Cl)cc2)P2C=CCCC2)c(-c2ccccc2)c1. The van der Waals surface area contributed by atoms with Crippen LogP contribution < -0.4 is 0 Å². The van der Waals surface area contributed by atoms with Crippen LogP contribution in [0.3, 0.4) is 0 Å². The van der Waals surface area contributed by atoms with Crippen molar-refractivity contribution in [3.8, 4) is 11.1 Å². The second-order valence-electron chi connectivity index (χ2n) is 8.93. The summed E-state index contributed by atoms with van der Waals surface area (Å²) in [7, 11) is -0.807. The van der Waals surface area contributed by atoms with E-state index in [2.05, 4.69) is 24.0 Å². The third-order valence-electron chi connectivity index (χ3n) is 6.76. The lowest BCUT2D eigenvalue weighted by Gasteiger charge is -2.44. The number of rotatable bonds is 5. The van der Waals surface area contributed by atoms with Crippen molar-refractivity contribution in [2.75, 3.05) is 6.16 Å². The largest absolute Gasteiger partial charge is 0.416 e. The second kappa shape index (κ2) is 10.2. The molecular weight excluding hydrogens is 496 g/mol. The number of halogens is 4. The van der Waals surface area contributed by atoms with Gasteiger partial charge >= 0.3 is 6.18 Å². The molecule has 1 aliphatic heterocycles. The smallest absolute Gasteiger partial charge is 0.166 e. The number of allylic oxidation sites excluding steroid dienone is 1. The molecule has 4 aromatic rings. The van der Waals surface area contributed by atoms with E-state index in [1.807, 2.05) is 72.8 Å². The van der Waals surface area contributed by atoms with Gasteiger partial charge in [0.1, 0.15) is 0 Å². The first-order chi connectivity index (χ1) is 17.4. The topological polar surface area (TPSA) is 0 Å². The number of hydrogen-bond donors (Lipinski definition) is 0. The maximum atomic E-state index is 13.9. The first-order valence-electron chi connectivity index (χ1n) is 11.9. The summed E-state index contributed by atoms with van der Waals surface area (Å²) in [6.07, 6.45) is 0.843. The Balaban J connectivity index is 1.91. The van der Waals surface area contributed by atoms with E-state index in [1.54, 1.807) is 6.07 Å². The Bertz CT molecular complexity index is 1350. The zero-order chi connectivity index (χ0) is 25.2. The molecule has 0 radical (unpaired) electrons. The van der Waals surface area contributed by atoms with Gasteiger partial charge in [-0.2, -0.15) is 13.2 Å². The monoisotopic (exact) mass is 520 g/mol. The third kappa shape index (κ3) is 4.63. The summed E-state index contributed by atoms with van der Waals surface area (Å²) in [5.41, 5.74) is 3.72. The molecule has 36 heavy (non-hydrogen) atoms. The Kier molecular flexibility index (Phi) is 7.06. The van der Waals surface area contributed by atoms with Gasteiger partial charge < -0.3 is 0 Å². The predicted octanol–water partition coefficient (Wildman–Crippen LogP) is 10.1.